The van der Waals surface area contributed by atoms with Crippen LogP contribution in [0, 0.1) is 0 Å². The van der Waals surface area contributed by atoms with Crippen molar-refractivity contribution >= 4 is 10.0 Å². The molecule has 0 fully saturated rings. The number of sulfonamides is 1. The standard InChI is InChI=1S/C11H26N2O3S/c1-11(2)16-9-5-4-8-13-17(14,15)10-6-7-12-3/h11-13H,4-10H2,1-3H3. The van der Waals surface area contributed by atoms with Crippen LogP contribution in [0.4, 0.5) is 0 Å². The van der Waals surface area contributed by atoms with Crippen LogP contribution in [0.15, 0.2) is 0 Å². The Morgan fingerprint density at radius 2 is 1.82 bits per heavy atom. The van der Waals surface area contributed by atoms with Gasteiger partial charge in [0.15, 0.2) is 0 Å². The van der Waals surface area contributed by atoms with Gasteiger partial charge in [-0.1, -0.05) is 0 Å². The van der Waals surface area contributed by atoms with Gasteiger partial charge in [0.25, 0.3) is 0 Å². The highest BCUT2D eigenvalue weighted by Crippen LogP contribution is 1.95. The summed E-state index contributed by atoms with van der Waals surface area (Å²) in [5.41, 5.74) is 0. The molecule has 0 aromatic carbocycles. The van der Waals surface area contributed by atoms with Gasteiger partial charge in [-0.15, -0.1) is 0 Å². The van der Waals surface area contributed by atoms with E-state index in [9.17, 15) is 8.42 Å². The summed E-state index contributed by atoms with van der Waals surface area (Å²) in [6.45, 7) is 5.90. The van der Waals surface area contributed by atoms with Gasteiger partial charge in [0.1, 0.15) is 0 Å². The molecule has 0 amide bonds. The van der Waals surface area contributed by atoms with Gasteiger partial charge in [-0.2, -0.15) is 0 Å². The topological polar surface area (TPSA) is 67.4 Å². The SMILES string of the molecule is CNCCCS(=O)(=O)NCCCCOC(C)C. The lowest BCUT2D eigenvalue weighted by Gasteiger charge is -2.08. The van der Waals surface area contributed by atoms with Crippen molar-refractivity contribution in [1.29, 1.82) is 0 Å². The molecule has 0 saturated heterocycles. The second kappa shape index (κ2) is 9.82. The summed E-state index contributed by atoms with van der Waals surface area (Å²) in [4.78, 5) is 0. The first-order valence-electron chi connectivity index (χ1n) is 6.21. The highest BCUT2D eigenvalue weighted by Gasteiger charge is 2.08. The van der Waals surface area contributed by atoms with Gasteiger partial charge >= 0.3 is 0 Å². The lowest BCUT2D eigenvalue weighted by molar-refractivity contribution is 0.0762. The number of hydrogen-bond donors (Lipinski definition) is 2. The monoisotopic (exact) mass is 266 g/mol. The Labute approximate surface area is 105 Å². The first-order chi connectivity index (χ1) is 7.98. The Morgan fingerprint density at radius 3 is 2.41 bits per heavy atom. The van der Waals surface area contributed by atoms with E-state index in [1.54, 1.807) is 0 Å². The molecule has 0 aliphatic rings. The average Bonchev–Trinajstić information content (AvgIpc) is 2.23. The number of rotatable bonds is 11. The van der Waals surface area contributed by atoms with Crippen LogP contribution in [0.25, 0.3) is 0 Å². The number of hydrogen-bond acceptors (Lipinski definition) is 4. The zero-order valence-corrected chi connectivity index (χ0v) is 12.0. The van der Waals surface area contributed by atoms with Crippen molar-refractivity contribution in [1.82, 2.24) is 10.0 Å². The van der Waals surface area contributed by atoms with E-state index in [-0.39, 0.29) is 11.9 Å². The summed E-state index contributed by atoms with van der Waals surface area (Å²) in [6, 6.07) is 0. The summed E-state index contributed by atoms with van der Waals surface area (Å²) in [5.74, 6) is 0.191. The fraction of sp³-hybridized carbons (Fsp3) is 1.00. The van der Waals surface area contributed by atoms with E-state index in [0.29, 0.717) is 19.6 Å². The molecule has 0 aliphatic heterocycles. The molecule has 0 aliphatic carbocycles. The maximum Gasteiger partial charge on any atom is 0.211 e. The molecule has 0 radical (unpaired) electrons. The summed E-state index contributed by atoms with van der Waals surface area (Å²) >= 11 is 0. The molecule has 0 spiro atoms. The molecule has 0 atom stereocenters. The molecule has 0 aromatic heterocycles. The maximum absolute atomic E-state index is 11.5. The second-order valence-corrected chi connectivity index (χ2v) is 6.22. The van der Waals surface area contributed by atoms with Crippen molar-refractivity contribution in [3.05, 3.63) is 0 Å². The highest BCUT2D eigenvalue weighted by atomic mass is 32.2. The van der Waals surface area contributed by atoms with E-state index in [1.165, 1.54) is 0 Å². The van der Waals surface area contributed by atoms with Gasteiger partial charge in [-0.05, 0) is 46.7 Å². The molecular formula is C11H26N2O3S. The van der Waals surface area contributed by atoms with Crippen LogP contribution < -0.4 is 10.0 Å². The molecule has 5 nitrogen and oxygen atoms in total. The predicted octanol–water partition coefficient (Wildman–Crippen LogP) is 0.721. The van der Waals surface area contributed by atoms with Crippen LogP contribution in [0.2, 0.25) is 0 Å². The Bertz CT molecular complexity index is 266. The molecule has 104 valence electrons. The van der Waals surface area contributed by atoms with Crippen molar-refractivity contribution < 1.29 is 13.2 Å². The van der Waals surface area contributed by atoms with E-state index in [2.05, 4.69) is 10.0 Å². The Kier molecular flexibility index (Phi) is 9.72. The van der Waals surface area contributed by atoms with Crippen LogP contribution in [-0.2, 0) is 14.8 Å². The fourth-order valence-electron chi connectivity index (χ4n) is 1.28. The van der Waals surface area contributed by atoms with Gasteiger partial charge in [0.2, 0.25) is 10.0 Å². The third-order valence-corrected chi connectivity index (χ3v) is 3.65. The fourth-order valence-corrected chi connectivity index (χ4v) is 2.41. The third-order valence-electron chi connectivity index (χ3n) is 2.18. The lowest BCUT2D eigenvalue weighted by Crippen LogP contribution is -2.28. The molecule has 0 aromatic rings. The largest absolute Gasteiger partial charge is 0.379 e. The minimum Gasteiger partial charge on any atom is -0.379 e. The Balaban J connectivity index is 3.46. The summed E-state index contributed by atoms with van der Waals surface area (Å²) in [5, 5.41) is 2.93. The van der Waals surface area contributed by atoms with Crippen LogP contribution >= 0.6 is 0 Å². The molecule has 17 heavy (non-hydrogen) atoms. The van der Waals surface area contributed by atoms with Crippen molar-refractivity contribution in [3.8, 4) is 0 Å². The molecule has 6 heteroatoms. The second-order valence-electron chi connectivity index (χ2n) is 4.30. The van der Waals surface area contributed by atoms with E-state index >= 15 is 0 Å². The Morgan fingerprint density at radius 1 is 1.12 bits per heavy atom. The van der Waals surface area contributed by atoms with Gasteiger partial charge in [0.05, 0.1) is 11.9 Å². The molecular weight excluding hydrogens is 240 g/mol. The molecule has 0 rings (SSSR count). The van der Waals surface area contributed by atoms with E-state index < -0.39 is 10.0 Å². The predicted molar refractivity (Wildman–Crippen MR) is 70.7 cm³/mol. The Hall–Kier alpha value is -0.170. The van der Waals surface area contributed by atoms with Crippen LogP contribution in [-0.4, -0.2) is 47.0 Å². The van der Waals surface area contributed by atoms with Gasteiger partial charge in [0, 0.05) is 13.2 Å². The zero-order valence-electron chi connectivity index (χ0n) is 11.2. The van der Waals surface area contributed by atoms with Crippen molar-refractivity contribution in [2.45, 2.75) is 39.2 Å². The number of nitrogens with one attached hydrogen (secondary N) is 2. The van der Waals surface area contributed by atoms with E-state index in [1.807, 2.05) is 20.9 Å². The minimum atomic E-state index is -3.09. The van der Waals surface area contributed by atoms with Gasteiger partial charge in [-0.3, -0.25) is 0 Å². The first kappa shape index (κ1) is 16.8. The van der Waals surface area contributed by atoms with Crippen LogP contribution in [0.5, 0.6) is 0 Å². The molecule has 0 bridgehead atoms. The molecule has 0 heterocycles. The number of ether oxygens (including phenoxy) is 1. The smallest absolute Gasteiger partial charge is 0.211 e. The molecule has 2 N–H and O–H groups in total. The van der Waals surface area contributed by atoms with Crippen molar-refractivity contribution in [2.75, 3.05) is 32.5 Å². The molecule has 0 unspecified atom stereocenters. The maximum atomic E-state index is 11.5. The van der Waals surface area contributed by atoms with E-state index in [0.717, 1.165) is 19.4 Å². The van der Waals surface area contributed by atoms with Gasteiger partial charge < -0.3 is 10.1 Å². The summed E-state index contributed by atoms with van der Waals surface area (Å²) in [7, 11) is -1.27. The van der Waals surface area contributed by atoms with E-state index in [4.69, 9.17) is 4.74 Å². The normalized spacial score (nSPS) is 12.2. The third kappa shape index (κ3) is 12.1. The highest BCUT2D eigenvalue weighted by molar-refractivity contribution is 7.89. The zero-order chi connectivity index (χ0) is 13.1. The van der Waals surface area contributed by atoms with Crippen LogP contribution in [0.3, 0.4) is 0 Å². The first-order valence-corrected chi connectivity index (χ1v) is 7.86. The van der Waals surface area contributed by atoms with Gasteiger partial charge in [-0.25, -0.2) is 13.1 Å². The quantitative estimate of drug-likeness (QED) is 0.541. The average molecular weight is 266 g/mol. The number of unbranched alkanes of at least 4 members (excludes halogenated alkanes) is 1. The lowest BCUT2D eigenvalue weighted by atomic mass is 10.3. The summed E-state index contributed by atoms with van der Waals surface area (Å²) in [6.07, 6.45) is 2.59. The van der Waals surface area contributed by atoms with Crippen LogP contribution in [0.1, 0.15) is 33.1 Å². The van der Waals surface area contributed by atoms with Crippen molar-refractivity contribution in [3.63, 3.8) is 0 Å². The molecule has 0 saturated carbocycles. The summed E-state index contributed by atoms with van der Waals surface area (Å²) < 4.78 is 30.9. The minimum absolute atomic E-state index is 0.191. The van der Waals surface area contributed by atoms with Crippen molar-refractivity contribution in [2.24, 2.45) is 0 Å².